The average molecular weight is 220 g/mol. The summed E-state index contributed by atoms with van der Waals surface area (Å²) >= 11 is 0. The molecule has 1 atom stereocenters. The fraction of sp³-hybridized carbons (Fsp3) is 1.00. The summed E-state index contributed by atoms with van der Waals surface area (Å²) in [4.78, 5) is 0. The summed E-state index contributed by atoms with van der Waals surface area (Å²) in [5.41, 5.74) is 0. The number of hydrogen-bond acceptors (Lipinski definition) is 2. The van der Waals surface area contributed by atoms with Crippen molar-refractivity contribution in [1.29, 1.82) is 0 Å². The van der Waals surface area contributed by atoms with Crippen molar-refractivity contribution in [2.24, 2.45) is 11.8 Å². The molecule has 0 saturated carbocycles. The van der Waals surface area contributed by atoms with Crippen LogP contribution >= 0.6 is 12.4 Å². The van der Waals surface area contributed by atoms with E-state index in [9.17, 15) is 0 Å². The van der Waals surface area contributed by atoms with Crippen molar-refractivity contribution in [3.63, 3.8) is 0 Å². The lowest BCUT2D eigenvalue weighted by molar-refractivity contribution is 0.0621. The molecule has 3 heteroatoms. The van der Waals surface area contributed by atoms with Crippen LogP contribution in [0.3, 0.4) is 0 Å². The quantitative estimate of drug-likeness (QED) is 0.786. The molecule has 2 fully saturated rings. The third kappa shape index (κ3) is 3.76. The summed E-state index contributed by atoms with van der Waals surface area (Å²) in [6, 6.07) is 0. The standard InChI is InChI=1S/C11H21NO.ClH/c1(2-11-3-6-12-9-11)10-4-7-13-8-5-10;/h10-12H,1-9H2;1H. The summed E-state index contributed by atoms with van der Waals surface area (Å²) in [5.74, 6) is 1.94. The molecule has 0 aliphatic carbocycles. The first-order valence-corrected chi connectivity index (χ1v) is 5.73. The van der Waals surface area contributed by atoms with Crippen molar-refractivity contribution in [3.8, 4) is 0 Å². The van der Waals surface area contributed by atoms with Crippen molar-refractivity contribution in [1.82, 2.24) is 5.32 Å². The smallest absolute Gasteiger partial charge is 0.0468 e. The molecule has 0 amide bonds. The van der Waals surface area contributed by atoms with E-state index in [1.54, 1.807) is 0 Å². The zero-order chi connectivity index (χ0) is 8.93. The minimum absolute atomic E-state index is 0. The van der Waals surface area contributed by atoms with Crippen LogP contribution in [0.5, 0.6) is 0 Å². The van der Waals surface area contributed by atoms with Crippen LogP contribution < -0.4 is 5.32 Å². The van der Waals surface area contributed by atoms with Crippen molar-refractivity contribution in [2.45, 2.75) is 32.1 Å². The van der Waals surface area contributed by atoms with Gasteiger partial charge >= 0.3 is 0 Å². The highest BCUT2D eigenvalue weighted by molar-refractivity contribution is 5.85. The third-order valence-corrected chi connectivity index (χ3v) is 3.49. The predicted octanol–water partition coefficient (Wildman–Crippen LogP) is 2.22. The summed E-state index contributed by atoms with van der Waals surface area (Å²) in [5, 5.41) is 3.44. The Kier molecular flexibility index (Phi) is 5.83. The van der Waals surface area contributed by atoms with Crippen LogP contribution in [0.1, 0.15) is 32.1 Å². The fourth-order valence-electron chi connectivity index (χ4n) is 2.47. The molecule has 2 nitrogen and oxygen atoms in total. The highest BCUT2D eigenvalue weighted by Gasteiger charge is 2.18. The maximum absolute atomic E-state index is 5.36. The Hall–Kier alpha value is 0.210. The lowest BCUT2D eigenvalue weighted by atomic mass is 9.90. The van der Waals surface area contributed by atoms with Crippen molar-refractivity contribution in [2.75, 3.05) is 26.3 Å². The minimum Gasteiger partial charge on any atom is -0.381 e. The molecule has 2 heterocycles. The zero-order valence-corrected chi connectivity index (χ0v) is 9.65. The van der Waals surface area contributed by atoms with E-state index in [1.165, 1.54) is 45.2 Å². The number of rotatable bonds is 3. The maximum Gasteiger partial charge on any atom is 0.0468 e. The topological polar surface area (TPSA) is 21.3 Å². The highest BCUT2D eigenvalue weighted by Crippen LogP contribution is 2.24. The number of hydrogen-bond donors (Lipinski definition) is 1. The number of nitrogens with one attached hydrogen (secondary N) is 1. The van der Waals surface area contributed by atoms with Crippen LogP contribution in [0, 0.1) is 11.8 Å². The molecule has 0 aromatic rings. The Morgan fingerprint density at radius 2 is 1.71 bits per heavy atom. The van der Waals surface area contributed by atoms with Gasteiger partial charge in [-0.25, -0.2) is 0 Å². The largest absolute Gasteiger partial charge is 0.381 e. The number of ether oxygens (including phenoxy) is 1. The van der Waals surface area contributed by atoms with E-state index in [-0.39, 0.29) is 12.4 Å². The fourth-order valence-corrected chi connectivity index (χ4v) is 2.47. The maximum atomic E-state index is 5.36. The zero-order valence-electron chi connectivity index (χ0n) is 8.84. The number of halogens is 1. The lowest BCUT2D eigenvalue weighted by Crippen LogP contribution is -2.17. The van der Waals surface area contributed by atoms with Crippen LogP contribution in [-0.4, -0.2) is 26.3 Å². The molecule has 14 heavy (non-hydrogen) atoms. The van der Waals surface area contributed by atoms with Crippen LogP contribution in [0.4, 0.5) is 0 Å². The van der Waals surface area contributed by atoms with Crippen molar-refractivity contribution >= 4 is 12.4 Å². The Labute approximate surface area is 93.2 Å². The highest BCUT2D eigenvalue weighted by atomic mass is 35.5. The van der Waals surface area contributed by atoms with Gasteiger partial charge in [-0.1, -0.05) is 0 Å². The molecule has 1 unspecified atom stereocenters. The Morgan fingerprint density at radius 1 is 1.00 bits per heavy atom. The van der Waals surface area contributed by atoms with Crippen molar-refractivity contribution in [3.05, 3.63) is 0 Å². The SMILES string of the molecule is C1CC(CCC2CCOCC2)CN1.Cl. The van der Waals surface area contributed by atoms with Gasteiger partial charge in [0.15, 0.2) is 0 Å². The second-order valence-electron chi connectivity index (χ2n) is 4.49. The van der Waals surface area contributed by atoms with Crippen LogP contribution in [0.25, 0.3) is 0 Å². The van der Waals surface area contributed by atoms with Gasteiger partial charge in [-0.05, 0) is 57.0 Å². The molecular weight excluding hydrogens is 198 g/mol. The van der Waals surface area contributed by atoms with E-state index in [0.717, 1.165) is 25.0 Å². The Morgan fingerprint density at radius 3 is 2.36 bits per heavy atom. The van der Waals surface area contributed by atoms with E-state index in [4.69, 9.17) is 4.74 Å². The first-order valence-electron chi connectivity index (χ1n) is 5.73. The van der Waals surface area contributed by atoms with E-state index >= 15 is 0 Å². The molecule has 2 aliphatic rings. The molecule has 0 aromatic carbocycles. The van der Waals surface area contributed by atoms with Crippen LogP contribution in [0.15, 0.2) is 0 Å². The molecular formula is C11H22ClNO. The van der Waals surface area contributed by atoms with Gasteiger partial charge in [0, 0.05) is 13.2 Å². The predicted molar refractivity (Wildman–Crippen MR) is 61.0 cm³/mol. The summed E-state index contributed by atoms with van der Waals surface area (Å²) in [6.45, 7) is 4.53. The van der Waals surface area contributed by atoms with E-state index in [2.05, 4.69) is 5.32 Å². The molecule has 84 valence electrons. The van der Waals surface area contributed by atoms with Crippen LogP contribution in [-0.2, 0) is 4.74 Å². The van der Waals surface area contributed by atoms with E-state index in [0.29, 0.717) is 0 Å². The summed E-state index contributed by atoms with van der Waals surface area (Å²) in [6.07, 6.45) is 6.90. The molecule has 2 saturated heterocycles. The molecule has 0 bridgehead atoms. The van der Waals surface area contributed by atoms with Crippen LogP contribution in [0.2, 0.25) is 0 Å². The molecule has 2 rings (SSSR count). The molecule has 2 aliphatic heterocycles. The first kappa shape index (κ1) is 12.3. The van der Waals surface area contributed by atoms with Gasteiger partial charge in [0.2, 0.25) is 0 Å². The average Bonchev–Trinajstić information content (AvgIpc) is 2.69. The van der Waals surface area contributed by atoms with Gasteiger partial charge in [0.05, 0.1) is 0 Å². The first-order chi connectivity index (χ1) is 6.45. The molecule has 0 aromatic heterocycles. The molecule has 1 N–H and O–H groups in total. The van der Waals surface area contributed by atoms with E-state index in [1.807, 2.05) is 0 Å². The van der Waals surface area contributed by atoms with E-state index < -0.39 is 0 Å². The summed E-state index contributed by atoms with van der Waals surface area (Å²) < 4.78 is 5.36. The third-order valence-electron chi connectivity index (χ3n) is 3.49. The second-order valence-corrected chi connectivity index (χ2v) is 4.49. The summed E-state index contributed by atoms with van der Waals surface area (Å²) in [7, 11) is 0. The van der Waals surface area contributed by atoms with Gasteiger partial charge in [-0.2, -0.15) is 0 Å². The minimum atomic E-state index is 0. The van der Waals surface area contributed by atoms with Gasteiger partial charge in [0.25, 0.3) is 0 Å². The van der Waals surface area contributed by atoms with Gasteiger partial charge < -0.3 is 10.1 Å². The van der Waals surface area contributed by atoms with Gasteiger partial charge in [-0.15, -0.1) is 12.4 Å². The molecule has 0 spiro atoms. The Bertz CT molecular complexity index is 142. The lowest BCUT2D eigenvalue weighted by Gasteiger charge is -2.22. The normalized spacial score (nSPS) is 28.7. The Balaban J connectivity index is 0.000000980. The molecule has 0 radical (unpaired) electrons. The van der Waals surface area contributed by atoms with Gasteiger partial charge in [-0.3, -0.25) is 0 Å². The van der Waals surface area contributed by atoms with Gasteiger partial charge in [0.1, 0.15) is 0 Å². The monoisotopic (exact) mass is 219 g/mol. The second kappa shape index (κ2) is 6.65. The van der Waals surface area contributed by atoms with Crippen molar-refractivity contribution < 1.29 is 4.74 Å².